The SMILES string of the molecule is CCN1CCC(N(C)C2CCCCNC2)CC1. The summed E-state index contributed by atoms with van der Waals surface area (Å²) in [7, 11) is 2.35. The van der Waals surface area contributed by atoms with Crippen LogP contribution < -0.4 is 5.32 Å². The number of piperidine rings is 1. The average Bonchev–Trinajstić information content (AvgIpc) is 2.67. The predicted molar refractivity (Wildman–Crippen MR) is 73.4 cm³/mol. The van der Waals surface area contributed by atoms with Crippen LogP contribution in [0.15, 0.2) is 0 Å². The largest absolute Gasteiger partial charge is 0.315 e. The zero-order chi connectivity index (χ0) is 12.1. The van der Waals surface area contributed by atoms with Crippen LogP contribution in [0.1, 0.15) is 39.0 Å². The molecule has 0 aromatic rings. The van der Waals surface area contributed by atoms with Gasteiger partial charge in [0.15, 0.2) is 0 Å². The van der Waals surface area contributed by atoms with Crippen LogP contribution in [-0.2, 0) is 0 Å². The van der Waals surface area contributed by atoms with Gasteiger partial charge in [-0.15, -0.1) is 0 Å². The molecule has 3 nitrogen and oxygen atoms in total. The number of rotatable bonds is 3. The first-order chi connectivity index (χ1) is 8.31. The summed E-state index contributed by atoms with van der Waals surface area (Å²) in [6, 6.07) is 1.60. The van der Waals surface area contributed by atoms with Crippen LogP contribution in [0.2, 0.25) is 0 Å². The second-order valence-corrected chi connectivity index (χ2v) is 5.68. The van der Waals surface area contributed by atoms with Crippen LogP contribution in [0.25, 0.3) is 0 Å². The van der Waals surface area contributed by atoms with Gasteiger partial charge >= 0.3 is 0 Å². The molecule has 2 aliphatic rings. The Hall–Kier alpha value is -0.120. The van der Waals surface area contributed by atoms with Crippen molar-refractivity contribution in [3.63, 3.8) is 0 Å². The van der Waals surface area contributed by atoms with Gasteiger partial charge < -0.3 is 10.2 Å². The number of likely N-dealkylation sites (N-methyl/N-ethyl adjacent to an activating group) is 1. The van der Waals surface area contributed by atoms with E-state index in [4.69, 9.17) is 0 Å². The highest BCUT2D eigenvalue weighted by Gasteiger charge is 2.26. The number of hydrogen-bond donors (Lipinski definition) is 1. The first-order valence-electron chi connectivity index (χ1n) is 7.46. The van der Waals surface area contributed by atoms with Crippen molar-refractivity contribution in [2.45, 2.75) is 51.1 Å². The van der Waals surface area contributed by atoms with E-state index in [9.17, 15) is 0 Å². The first-order valence-corrected chi connectivity index (χ1v) is 7.46. The van der Waals surface area contributed by atoms with E-state index < -0.39 is 0 Å². The van der Waals surface area contributed by atoms with Gasteiger partial charge in [-0.3, -0.25) is 4.90 Å². The van der Waals surface area contributed by atoms with Crippen LogP contribution in [0.4, 0.5) is 0 Å². The Labute approximate surface area is 107 Å². The topological polar surface area (TPSA) is 18.5 Å². The second kappa shape index (κ2) is 6.72. The summed E-state index contributed by atoms with van der Waals surface area (Å²) in [6.07, 6.45) is 6.87. The maximum atomic E-state index is 3.59. The fraction of sp³-hybridized carbons (Fsp3) is 1.00. The number of nitrogens with one attached hydrogen (secondary N) is 1. The molecule has 2 aliphatic heterocycles. The Bertz CT molecular complexity index is 204. The highest BCUT2D eigenvalue weighted by Crippen LogP contribution is 2.20. The minimum atomic E-state index is 0.774. The fourth-order valence-electron chi connectivity index (χ4n) is 3.29. The van der Waals surface area contributed by atoms with Crippen LogP contribution >= 0.6 is 0 Å². The van der Waals surface area contributed by atoms with Gasteiger partial charge in [0.25, 0.3) is 0 Å². The maximum Gasteiger partial charge on any atom is 0.0220 e. The van der Waals surface area contributed by atoms with Crippen LogP contribution in [-0.4, -0.2) is 61.7 Å². The Morgan fingerprint density at radius 1 is 1.12 bits per heavy atom. The predicted octanol–water partition coefficient (Wildman–Crippen LogP) is 1.54. The van der Waals surface area contributed by atoms with Crippen molar-refractivity contribution in [3.8, 4) is 0 Å². The van der Waals surface area contributed by atoms with Gasteiger partial charge in [-0.1, -0.05) is 13.3 Å². The summed E-state index contributed by atoms with van der Waals surface area (Å²) in [4.78, 5) is 5.25. The molecule has 100 valence electrons. The fourth-order valence-corrected chi connectivity index (χ4v) is 3.29. The highest BCUT2D eigenvalue weighted by atomic mass is 15.2. The van der Waals surface area contributed by atoms with Crippen LogP contribution in [0.5, 0.6) is 0 Å². The molecule has 1 unspecified atom stereocenters. The van der Waals surface area contributed by atoms with E-state index in [2.05, 4.69) is 29.1 Å². The minimum absolute atomic E-state index is 0.774. The molecule has 0 spiro atoms. The lowest BCUT2D eigenvalue weighted by Gasteiger charge is -2.40. The van der Waals surface area contributed by atoms with Crippen molar-refractivity contribution < 1.29 is 0 Å². The Kier molecular flexibility index (Phi) is 5.26. The van der Waals surface area contributed by atoms with Crippen molar-refractivity contribution in [3.05, 3.63) is 0 Å². The third-order valence-electron chi connectivity index (χ3n) is 4.68. The van der Waals surface area contributed by atoms with Gasteiger partial charge in [0.1, 0.15) is 0 Å². The van der Waals surface area contributed by atoms with Crippen LogP contribution in [0.3, 0.4) is 0 Å². The van der Waals surface area contributed by atoms with Gasteiger partial charge in [0.2, 0.25) is 0 Å². The van der Waals surface area contributed by atoms with Crippen molar-refractivity contribution in [2.24, 2.45) is 0 Å². The maximum absolute atomic E-state index is 3.59. The summed E-state index contributed by atoms with van der Waals surface area (Å²) in [6.45, 7) is 8.51. The molecule has 2 heterocycles. The summed E-state index contributed by atoms with van der Waals surface area (Å²) in [5.74, 6) is 0. The van der Waals surface area contributed by atoms with E-state index in [-0.39, 0.29) is 0 Å². The summed E-state index contributed by atoms with van der Waals surface area (Å²) < 4.78 is 0. The normalized spacial score (nSPS) is 29.5. The Morgan fingerprint density at radius 2 is 1.88 bits per heavy atom. The standard InChI is InChI=1S/C14H29N3/c1-3-17-10-7-13(8-11-17)16(2)14-6-4-5-9-15-12-14/h13-15H,3-12H2,1-2H3. The first kappa shape index (κ1) is 13.3. The molecule has 0 radical (unpaired) electrons. The summed E-state index contributed by atoms with van der Waals surface area (Å²) in [5.41, 5.74) is 0. The molecule has 0 aliphatic carbocycles. The van der Waals surface area contributed by atoms with Gasteiger partial charge in [0.05, 0.1) is 0 Å². The molecular formula is C14H29N3. The molecule has 2 fully saturated rings. The van der Waals surface area contributed by atoms with Crippen molar-refractivity contribution in [1.29, 1.82) is 0 Å². The van der Waals surface area contributed by atoms with Gasteiger partial charge in [-0.25, -0.2) is 0 Å². The Balaban J connectivity index is 1.80. The molecule has 17 heavy (non-hydrogen) atoms. The molecule has 0 aromatic heterocycles. The molecule has 1 N–H and O–H groups in total. The third-order valence-corrected chi connectivity index (χ3v) is 4.68. The van der Waals surface area contributed by atoms with Crippen molar-refractivity contribution >= 4 is 0 Å². The van der Waals surface area contributed by atoms with E-state index in [1.807, 2.05) is 0 Å². The molecular weight excluding hydrogens is 210 g/mol. The summed E-state index contributed by atoms with van der Waals surface area (Å²) >= 11 is 0. The number of likely N-dealkylation sites (tertiary alicyclic amines) is 1. The molecule has 0 bridgehead atoms. The van der Waals surface area contributed by atoms with Crippen LogP contribution in [0, 0.1) is 0 Å². The van der Waals surface area contributed by atoms with E-state index >= 15 is 0 Å². The van der Waals surface area contributed by atoms with Gasteiger partial charge in [0, 0.05) is 18.6 Å². The summed E-state index contributed by atoms with van der Waals surface area (Å²) in [5, 5.41) is 3.59. The van der Waals surface area contributed by atoms with E-state index in [1.165, 1.54) is 64.8 Å². The lowest BCUT2D eigenvalue weighted by atomic mass is 10.00. The van der Waals surface area contributed by atoms with E-state index in [0.717, 1.165) is 12.1 Å². The average molecular weight is 239 g/mol. The highest BCUT2D eigenvalue weighted by molar-refractivity contribution is 4.84. The van der Waals surface area contributed by atoms with E-state index in [1.54, 1.807) is 0 Å². The molecule has 0 aromatic carbocycles. The zero-order valence-electron chi connectivity index (χ0n) is 11.6. The molecule has 2 saturated heterocycles. The molecule has 0 amide bonds. The van der Waals surface area contributed by atoms with Crippen molar-refractivity contribution in [1.82, 2.24) is 15.1 Å². The molecule has 3 heteroatoms. The third kappa shape index (κ3) is 3.67. The monoisotopic (exact) mass is 239 g/mol. The molecule has 0 saturated carbocycles. The van der Waals surface area contributed by atoms with Gasteiger partial charge in [-0.05, 0) is 58.9 Å². The smallest absolute Gasteiger partial charge is 0.0220 e. The quantitative estimate of drug-likeness (QED) is 0.806. The number of hydrogen-bond acceptors (Lipinski definition) is 3. The Morgan fingerprint density at radius 3 is 2.59 bits per heavy atom. The number of nitrogens with zero attached hydrogens (tertiary/aromatic N) is 2. The minimum Gasteiger partial charge on any atom is -0.315 e. The van der Waals surface area contributed by atoms with Crippen molar-refractivity contribution in [2.75, 3.05) is 39.8 Å². The van der Waals surface area contributed by atoms with E-state index in [0.29, 0.717) is 0 Å². The lowest BCUT2D eigenvalue weighted by molar-refractivity contribution is 0.0959. The second-order valence-electron chi connectivity index (χ2n) is 5.68. The zero-order valence-corrected chi connectivity index (χ0v) is 11.6. The van der Waals surface area contributed by atoms with Gasteiger partial charge in [-0.2, -0.15) is 0 Å². The molecule has 2 rings (SSSR count). The lowest BCUT2D eigenvalue weighted by Crippen LogP contribution is -2.49. The molecule has 1 atom stereocenters.